The molecule has 0 atom stereocenters. The Balaban J connectivity index is 2.04. The molecule has 102 valence electrons. The lowest BCUT2D eigenvalue weighted by molar-refractivity contribution is -0.136. The van der Waals surface area contributed by atoms with E-state index in [1.54, 1.807) is 24.3 Å². The zero-order valence-electron chi connectivity index (χ0n) is 10.5. The van der Waals surface area contributed by atoms with Crippen LogP contribution in [0.5, 0.6) is 5.75 Å². The number of rotatable bonds is 4. The number of amides is 1. The molecule has 5 nitrogen and oxygen atoms in total. The van der Waals surface area contributed by atoms with Gasteiger partial charge in [-0.05, 0) is 42.0 Å². The van der Waals surface area contributed by atoms with Gasteiger partial charge in [0.2, 0.25) is 0 Å². The second-order valence-electron chi connectivity index (χ2n) is 4.27. The number of anilines is 1. The van der Waals surface area contributed by atoms with Gasteiger partial charge in [0.05, 0.1) is 6.42 Å². The van der Waals surface area contributed by atoms with E-state index >= 15 is 0 Å². The Labute approximate surface area is 115 Å². The third-order valence-electron chi connectivity index (χ3n) is 2.70. The molecule has 0 saturated heterocycles. The fourth-order valence-electron chi connectivity index (χ4n) is 1.70. The van der Waals surface area contributed by atoms with Crippen LogP contribution in [0, 0.1) is 0 Å². The van der Waals surface area contributed by atoms with Crippen molar-refractivity contribution in [2.24, 2.45) is 0 Å². The lowest BCUT2D eigenvalue weighted by Crippen LogP contribution is -2.11. The lowest BCUT2D eigenvalue weighted by Gasteiger charge is -2.06. The van der Waals surface area contributed by atoms with E-state index in [1.807, 2.05) is 0 Å². The molecular formula is C15H13NO4. The van der Waals surface area contributed by atoms with Gasteiger partial charge in [-0.15, -0.1) is 0 Å². The minimum Gasteiger partial charge on any atom is -0.508 e. The van der Waals surface area contributed by atoms with E-state index in [1.165, 1.54) is 24.3 Å². The first-order valence-corrected chi connectivity index (χ1v) is 5.96. The number of carboxylic acid groups (broad SMARTS) is 1. The normalized spacial score (nSPS) is 10.0. The summed E-state index contributed by atoms with van der Waals surface area (Å²) >= 11 is 0. The number of carboxylic acids is 1. The Morgan fingerprint density at radius 2 is 1.55 bits per heavy atom. The van der Waals surface area contributed by atoms with Crippen LogP contribution in [0.25, 0.3) is 0 Å². The molecule has 5 heteroatoms. The molecule has 0 heterocycles. The third kappa shape index (κ3) is 3.58. The number of aliphatic carboxylic acids is 1. The van der Waals surface area contributed by atoms with E-state index in [0.717, 1.165) is 0 Å². The smallest absolute Gasteiger partial charge is 0.307 e. The standard InChI is InChI=1S/C15H13NO4/c17-13-7-3-11(4-8-13)15(20)16-12-5-1-10(2-6-12)9-14(18)19/h1-8,17H,9H2,(H,16,20)(H,18,19). The fourth-order valence-corrected chi connectivity index (χ4v) is 1.70. The van der Waals surface area contributed by atoms with Crippen molar-refractivity contribution in [2.45, 2.75) is 6.42 Å². The van der Waals surface area contributed by atoms with Gasteiger partial charge in [-0.1, -0.05) is 12.1 Å². The van der Waals surface area contributed by atoms with E-state index in [9.17, 15) is 9.59 Å². The first-order valence-electron chi connectivity index (χ1n) is 5.96. The molecule has 0 fully saturated rings. The van der Waals surface area contributed by atoms with Gasteiger partial charge in [0, 0.05) is 11.3 Å². The van der Waals surface area contributed by atoms with E-state index in [0.29, 0.717) is 16.8 Å². The number of carbonyl (C=O) groups is 2. The van der Waals surface area contributed by atoms with Gasteiger partial charge < -0.3 is 15.5 Å². The summed E-state index contributed by atoms with van der Waals surface area (Å²) in [5.74, 6) is -1.10. The number of aromatic hydroxyl groups is 1. The summed E-state index contributed by atoms with van der Waals surface area (Å²) in [6, 6.07) is 12.5. The molecule has 3 N–H and O–H groups in total. The lowest BCUT2D eigenvalue weighted by atomic mass is 10.1. The molecule has 0 unspecified atom stereocenters. The zero-order valence-corrected chi connectivity index (χ0v) is 10.5. The molecule has 1 amide bonds. The van der Waals surface area contributed by atoms with Crippen LogP contribution in [0.1, 0.15) is 15.9 Å². The molecular weight excluding hydrogens is 258 g/mol. The molecule has 0 bridgehead atoms. The summed E-state index contributed by atoms with van der Waals surface area (Å²) in [5, 5.41) is 20.5. The number of phenols is 1. The molecule has 2 rings (SSSR count). The summed E-state index contributed by atoms with van der Waals surface area (Å²) in [5.41, 5.74) is 1.68. The van der Waals surface area contributed by atoms with E-state index in [-0.39, 0.29) is 18.1 Å². The van der Waals surface area contributed by atoms with Gasteiger partial charge in [-0.2, -0.15) is 0 Å². The zero-order chi connectivity index (χ0) is 14.5. The van der Waals surface area contributed by atoms with Crippen molar-refractivity contribution in [3.05, 3.63) is 59.7 Å². The summed E-state index contributed by atoms with van der Waals surface area (Å²) < 4.78 is 0. The number of carbonyl (C=O) groups excluding carboxylic acids is 1. The van der Waals surface area contributed by atoms with Crippen LogP contribution >= 0.6 is 0 Å². The second-order valence-corrected chi connectivity index (χ2v) is 4.27. The Kier molecular flexibility index (Phi) is 4.00. The number of hydrogen-bond donors (Lipinski definition) is 3. The second kappa shape index (κ2) is 5.88. The molecule has 2 aromatic rings. The van der Waals surface area contributed by atoms with Gasteiger partial charge in [-0.3, -0.25) is 9.59 Å². The van der Waals surface area contributed by atoms with Crippen LogP contribution < -0.4 is 5.32 Å². The monoisotopic (exact) mass is 271 g/mol. The van der Waals surface area contributed by atoms with Crippen molar-refractivity contribution in [3.8, 4) is 5.75 Å². The van der Waals surface area contributed by atoms with E-state index in [4.69, 9.17) is 10.2 Å². The molecule has 0 spiro atoms. The number of nitrogens with one attached hydrogen (secondary N) is 1. The first kappa shape index (κ1) is 13.6. The van der Waals surface area contributed by atoms with Crippen molar-refractivity contribution in [3.63, 3.8) is 0 Å². The van der Waals surface area contributed by atoms with Crippen molar-refractivity contribution < 1.29 is 19.8 Å². The average Bonchev–Trinajstić information content (AvgIpc) is 2.41. The molecule has 0 saturated carbocycles. The molecule has 2 aromatic carbocycles. The Bertz CT molecular complexity index is 617. The summed E-state index contributed by atoms with van der Waals surface area (Å²) in [6.45, 7) is 0. The molecule has 0 aliphatic rings. The highest BCUT2D eigenvalue weighted by Gasteiger charge is 2.06. The Hall–Kier alpha value is -2.82. The highest BCUT2D eigenvalue weighted by molar-refractivity contribution is 6.04. The fraction of sp³-hybridized carbons (Fsp3) is 0.0667. The predicted molar refractivity (Wildman–Crippen MR) is 73.8 cm³/mol. The summed E-state index contributed by atoms with van der Waals surface area (Å²) in [7, 11) is 0. The summed E-state index contributed by atoms with van der Waals surface area (Å²) in [4.78, 5) is 22.5. The molecule has 0 aliphatic heterocycles. The van der Waals surface area contributed by atoms with Crippen LogP contribution in [0.15, 0.2) is 48.5 Å². The van der Waals surface area contributed by atoms with Gasteiger partial charge in [-0.25, -0.2) is 0 Å². The number of hydrogen-bond acceptors (Lipinski definition) is 3. The molecule has 20 heavy (non-hydrogen) atoms. The van der Waals surface area contributed by atoms with Crippen LogP contribution in [0.3, 0.4) is 0 Å². The SMILES string of the molecule is O=C(O)Cc1ccc(NC(=O)c2ccc(O)cc2)cc1. The topological polar surface area (TPSA) is 86.6 Å². The van der Waals surface area contributed by atoms with Crippen molar-refractivity contribution in [1.29, 1.82) is 0 Å². The minimum absolute atomic E-state index is 0.0494. The Morgan fingerprint density at radius 1 is 0.950 bits per heavy atom. The van der Waals surface area contributed by atoms with Crippen molar-refractivity contribution >= 4 is 17.6 Å². The molecule has 0 radical (unpaired) electrons. The molecule has 0 aromatic heterocycles. The van der Waals surface area contributed by atoms with Crippen LogP contribution in [0.4, 0.5) is 5.69 Å². The van der Waals surface area contributed by atoms with Crippen LogP contribution in [0.2, 0.25) is 0 Å². The maximum atomic E-state index is 11.9. The quantitative estimate of drug-likeness (QED) is 0.796. The van der Waals surface area contributed by atoms with Gasteiger partial charge >= 0.3 is 5.97 Å². The third-order valence-corrected chi connectivity index (χ3v) is 2.70. The Morgan fingerprint density at radius 3 is 2.10 bits per heavy atom. The summed E-state index contributed by atoms with van der Waals surface area (Å²) in [6.07, 6.45) is -0.0494. The number of phenolic OH excluding ortho intramolecular Hbond substituents is 1. The number of benzene rings is 2. The van der Waals surface area contributed by atoms with Gasteiger partial charge in [0.25, 0.3) is 5.91 Å². The highest BCUT2D eigenvalue weighted by atomic mass is 16.4. The van der Waals surface area contributed by atoms with Gasteiger partial charge in [0.1, 0.15) is 5.75 Å². The van der Waals surface area contributed by atoms with E-state index < -0.39 is 5.97 Å². The largest absolute Gasteiger partial charge is 0.508 e. The average molecular weight is 271 g/mol. The van der Waals surface area contributed by atoms with E-state index in [2.05, 4.69) is 5.32 Å². The van der Waals surface area contributed by atoms with Crippen molar-refractivity contribution in [1.82, 2.24) is 0 Å². The van der Waals surface area contributed by atoms with Crippen molar-refractivity contribution in [2.75, 3.05) is 5.32 Å². The highest BCUT2D eigenvalue weighted by Crippen LogP contribution is 2.14. The van der Waals surface area contributed by atoms with Crippen LogP contribution in [-0.4, -0.2) is 22.1 Å². The predicted octanol–water partition coefficient (Wildman–Crippen LogP) is 2.27. The van der Waals surface area contributed by atoms with Gasteiger partial charge in [0.15, 0.2) is 0 Å². The van der Waals surface area contributed by atoms with Crippen LogP contribution in [-0.2, 0) is 11.2 Å². The molecule has 0 aliphatic carbocycles. The maximum absolute atomic E-state index is 11.9. The maximum Gasteiger partial charge on any atom is 0.307 e. The minimum atomic E-state index is -0.897. The first-order chi connectivity index (χ1) is 9.54.